The van der Waals surface area contributed by atoms with E-state index in [1.807, 2.05) is 30.3 Å². The Balaban J connectivity index is 2.02. The summed E-state index contributed by atoms with van der Waals surface area (Å²) in [5, 5.41) is 4.78. The second-order valence-electron chi connectivity index (χ2n) is 5.99. The lowest BCUT2D eigenvalue weighted by Crippen LogP contribution is -1.96. The minimum atomic E-state index is -3.18. The maximum Gasteiger partial charge on any atom is 0.175 e. The van der Waals surface area contributed by atoms with Gasteiger partial charge in [-0.15, -0.1) is 0 Å². The molecule has 0 bridgehead atoms. The number of benzene rings is 4. The lowest BCUT2D eigenvalue weighted by molar-refractivity contribution is 0.602. The predicted octanol–water partition coefficient (Wildman–Crippen LogP) is 5.06. The van der Waals surface area contributed by atoms with Gasteiger partial charge in [0.25, 0.3) is 0 Å². The van der Waals surface area contributed by atoms with Gasteiger partial charge in [0, 0.05) is 6.26 Å². The molecule has 0 N–H and O–H groups in total. The Labute approximate surface area is 141 Å². The Kier molecular flexibility index (Phi) is 3.39. The van der Waals surface area contributed by atoms with Crippen LogP contribution >= 0.6 is 0 Å². The van der Waals surface area contributed by atoms with Gasteiger partial charge in [0.15, 0.2) is 9.84 Å². The molecule has 0 aliphatic carbocycles. The standard InChI is InChI=1S/C21H16O2S/c1-24(22,23)17-12-10-15(11-13-17)21-14-16-6-2-3-7-18(16)19-8-4-5-9-20(19)21/h2-14H,1H3. The third kappa shape index (κ3) is 2.47. The Bertz CT molecular complexity index is 1160. The van der Waals surface area contributed by atoms with Crippen LogP contribution in [0.3, 0.4) is 0 Å². The van der Waals surface area contributed by atoms with E-state index in [0.717, 1.165) is 11.1 Å². The van der Waals surface area contributed by atoms with Crippen LogP contribution in [0.25, 0.3) is 32.7 Å². The number of hydrogen-bond acceptors (Lipinski definition) is 2. The SMILES string of the molecule is CS(=O)(=O)c1ccc(-c2cc3ccccc3c3ccccc23)cc1. The molecule has 0 aromatic heterocycles. The van der Waals surface area contributed by atoms with Gasteiger partial charge in [0.2, 0.25) is 0 Å². The van der Waals surface area contributed by atoms with Gasteiger partial charge >= 0.3 is 0 Å². The van der Waals surface area contributed by atoms with E-state index in [2.05, 4.69) is 36.4 Å². The Morgan fingerprint density at radius 2 is 1.25 bits per heavy atom. The normalized spacial score (nSPS) is 11.9. The molecule has 3 heteroatoms. The smallest absolute Gasteiger partial charge is 0.175 e. The molecule has 0 heterocycles. The molecule has 4 aromatic rings. The van der Waals surface area contributed by atoms with Gasteiger partial charge in [-0.1, -0.05) is 60.7 Å². The van der Waals surface area contributed by atoms with Gasteiger partial charge in [-0.3, -0.25) is 0 Å². The van der Waals surface area contributed by atoms with Crippen molar-refractivity contribution >= 4 is 31.4 Å². The lowest BCUT2D eigenvalue weighted by atomic mass is 9.93. The van der Waals surface area contributed by atoms with Gasteiger partial charge < -0.3 is 0 Å². The van der Waals surface area contributed by atoms with Crippen LogP contribution in [0.1, 0.15) is 0 Å². The van der Waals surface area contributed by atoms with Crippen LogP contribution in [0.4, 0.5) is 0 Å². The molecule has 0 amide bonds. The summed E-state index contributed by atoms with van der Waals surface area (Å²) in [6, 6.07) is 25.9. The molecule has 0 spiro atoms. The summed E-state index contributed by atoms with van der Waals surface area (Å²) < 4.78 is 23.3. The maximum absolute atomic E-state index is 11.7. The summed E-state index contributed by atoms with van der Waals surface area (Å²) in [6.45, 7) is 0. The summed E-state index contributed by atoms with van der Waals surface area (Å²) in [5.74, 6) is 0. The number of fused-ring (bicyclic) bond motifs is 3. The first kappa shape index (κ1) is 14.9. The molecular formula is C21H16O2S. The molecule has 4 rings (SSSR count). The molecule has 0 unspecified atom stereocenters. The Morgan fingerprint density at radius 3 is 1.92 bits per heavy atom. The van der Waals surface area contributed by atoms with Gasteiger partial charge in [0.1, 0.15) is 0 Å². The first-order valence-corrected chi connectivity index (χ1v) is 9.64. The third-order valence-corrected chi connectivity index (χ3v) is 5.49. The maximum atomic E-state index is 11.7. The van der Waals surface area contributed by atoms with Crippen LogP contribution in [0, 0.1) is 0 Å². The quantitative estimate of drug-likeness (QED) is 0.481. The zero-order valence-corrected chi connectivity index (χ0v) is 14.0. The summed E-state index contributed by atoms with van der Waals surface area (Å²) in [7, 11) is -3.18. The van der Waals surface area contributed by atoms with Crippen LogP contribution in [0.15, 0.2) is 83.8 Å². The minimum absolute atomic E-state index is 0.344. The molecule has 0 aliphatic rings. The van der Waals surface area contributed by atoms with Crippen molar-refractivity contribution in [2.45, 2.75) is 4.90 Å². The fourth-order valence-electron chi connectivity index (χ4n) is 3.17. The molecule has 24 heavy (non-hydrogen) atoms. The molecular weight excluding hydrogens is 316 g/mol. The van der Waals surface area contributed by atoms with Crippen LogP contribution in [0.2, 0.25) is 0 Å². The summed E-state index contributed by atoms with van der Waals surface area (Å²) >= 11 is 0. The van der Waals surface area contributed by atoms with Crippen LogP contribution in [-0.2, 0) is 9.84 Å². The van der Waals surface area contributed by atoms with E-state index < -0.39 is 9.84 Å². The monoisotopic (exact) mass is 332 g/mol. The highest BCUT2D eigenvalue weighted by atomic mass is 32.2. The highest BCUT2D eigenvalue weighted by Gasteiger charge is 2.10. The van der Waals surface area contributed by atoms with E-state index in [-0.39, 0.29) is 0 Å². The van der Waals surface area contributed by atoms with E-state index in [0.29, 0.717) is 4.90 Å². The van der Waals surface area contributed by atoms with Crippen molar-refractivity contribution in [3.05, 3.63) is 78.9 Å². The molecule has 0 atom stereocenters. The van der Waals surface area contributed by atoms with E-state index in [1.54, 1.807) is 12.1 Å². The van der Waals surface area contributed by atoms with Gasteiger partial charge in [-0.05, 0) is 50.9 Å². The lowest BCUT2D eigenvalue weighted by Gasteiger charge is -2.11. The molecule has 2 nitrogen and oxygen atoms in total. The molecule has 0 aliphatic heterocycles. The van der Waals surface area contributed by atoms with Crippen molar-refractivity contribution in [3.8, 4) is 11.1 Å². The van der Waals surface area contributed by atoms with Crippen LogP contribution in [0.5, 0.6) is 0 Å². The van der Waals surface area contributed by atoms with Crippen molar-refractivity contribution in [3.63, 3.8) is 0 Å². The molecule has 118 valence electrons. The zero-order valence-electron chi connectivity index (χ0n) is 13.2. The van der Waals surface area contributed by atoms with E-state index in [1.165, 1.54) is 27.8 Å². The number of rotatable bonds is 2. The Hall–Kier alpha value is -2.65. The van der Waals surface area contributed by atoms with Crippen molar-refractivity contribution < 1.29 is 8.42 Å². The van der Waals surface area contributed by atoms with Gasteiger partial charge in [-0.25, -0.2) is 8.42 Å². The minimum Gasteiger partial charge on any atom is -0.224 e. The summed E-state index contributed by atoms with van der Waals surface area (Å²) in [4.78, 5) is 0.344. The average molecular weight is 332 g/mol. The van der Waals surface area contributed by atoms with E-state index in [9.17, 15) is 8.42 Å². The number of sulfone groups is 1. The topological polar surface area (TPSA) is 34.1 Å². The predicted molar refractivity (Wildman–Crippen MR) is 100.0 cm³/mol. The molecule has 0 radical (unpaired) electrons. The highest BCUT2D eigenvalue weighted by molar-refractivity contribution is 7.90. The van der Waals surface area contributed by atoms with Crippen LogP contribution < -0.4 is 0 Å². The largest absolute Gasteiger partial charge is 0.224 e. The number of hydrogen-bond donors (Lipinski definition) is 0. The fourth-order valence-corrected chi connectivity index (χ4v) is 3.81. The van der Waals surface area contributed by atoms with E-state index in [4.69, 9.17) is 0 Å². The zero-order chi connectivity index (χ0) is 16.7. The third-order valence-electron chi connectivity index (χ3n) is 4.36. The first-order valence-electron chi connectivity index (χ1n) is 7.75. The van der Waals surface area contributed by atoms with Crippen LogP contribution in [-0.4, -0.2) is 14.7 Å². The van der Waals surface area contributed by atoms with Gasteiger partial charge in [-0.2, -0.15) is 0 Å². The van der Waals surface area contributed by atoms with E-state index >= 15 is 0 Å². The molecule has 0 saturated carbocycles. The van der Waals surface area contributed by atoms with Crippen molar-refractivity contribution in [1.82, 2.24) is 0 Å². The van der Waals surface area contributed by atoms with Gasteiger partial charge in [0.05, 0.1) is 4.90 Å². The van der Waals surface area contributed by atoms with Crippen molar-refractivity contribution in [2.24, 2.45) is 0 Å². The molecule has 4 aromatic carbocycles. The second kappa shape index (κ2) is 5.46. The highest BCUT2D eigenvalue weighted by Crippen LogP contribution is 2.35. The summed E-state index contributed by atoms with van der Waals surface area (Å²) in [5.41, 5.74) is 2.13. The Morgan fingerprint density at radius 1 is 0.667 bits per heavy atom. The second-order valence-corrected chi connectivity index (χ2v) is 8.00. The fraction of sp³-hybridized carbons (Fsp3) is 0.0476. The van der Waals surface area contributed by atoms with Crippen molar-refractivity contribution in [2.75, 3.05) is 6.26 Å². The first-order chi connectivity index (χ1) is 11.5. The molecule has 0 fully saturated rings. The average Bonchev–Trinajstić information content (AvgIpc) is 2.60. The molecule has 0 saturated heterocycles. The summed E-state index contributed by atoms with van der Waals surface area (Å²) in [6.07, 6.45) is 1.23. The van der Waals surface area contributed by atoms with Crippen molar-refractivity contribution in [1.29, 1.82) is 0 Å².